The maximum absolute atomic E-state index is 12.3. The van der Waals surface area contributed by atoms with Crippen molar-refractivity contribution >= 4 is 22.4 Å². The predicted molar refractivity (Wildman–Crippen MR) is 94.0 cm³/mol. The van der Waals surface area contributed by atoms with Gasteiger partial charge in [-0.2, -0.15) is 5.10 Å². The van der Waals surface area contributed by atoms with E-state index in [9.17, 15) is 4.79 Å². The van der Waals surface area contributed by atoms with Crippen LogP contribution in [-0.4, -0.2) is 50.2 Å². The molecule has 3 heterocycles. The molecule has 0 saturated carbocycles. The van der Waals surface area contributed by atoms with Crippen LogP contribution in [0.3, 0.4) is 0 Å². The van der Waals surface area contributed by atoms with E-state index in [1.54, 1.807) is 24.0 Å². The number of amides is 1. The summed E-state index contributed by atoms with van der Waals surface area (Å²) in [6, 6.07) is 0. The van der Waals surface area contributed by atoms with Crippen molar-refractivity contribution in [1.82, 2.24) is 24.6 Å². The number of carbonyl (C=O) groups excluding carboxylic acids is 1. The molecule has 2 aromatic rings. The van der Waals surface area contributed by atoms with Crippen LogP contribution in [0.5, 0.6) is 0 Å². The first-order valence-electron chi connectivity index (χ1n) is 8.45. The molecule has 3 rings (SSSR count). The minimum absolute atomic E-state index is 0.0211. The van der Waals surface area contributed by atoms with Crippen LogP contribution >= 0.6 is 11.3 Å². The van der Waals surface area contributed by atoms with Crippen molar-refractivity contribution < 1.29 is 4.79 Å². The number of hydrogen-bond donors (Lipinski definition) is 1. The van der Waals surface area contributed by atoms with Crippen LogP contribution in [0.2, 0.25) is 0 Å². The van der Waals surface area contributed by atoms with Gasteiger partial charge < -0.3 is 5.32 Å². The minimum atomic E-state index is 0.0211. The summed E-state index contributed by atoms with van der Waals surface area (Å²) in [6.07, 6.45) is 6.50. The third-order valence-corrected chi connectivity index (χ3v) is 5.28. The van der Waals surface area contributed by atoms with Gasteiger partial charge in [-0.15, -0.1) is 11.3 Å². The maximum Gasteiger partial charge on any atom is 0.240 e. The normalized spacial score (nSPS) is 18.7. The molecule has 1 amide bonds. The molecule has 0 aliphatic carbocycles. The average Bonchev–Trinajstić information content (AvgIpc) is 3.17. The zero-order valence-electron chi connectivity index (χ0n) is 14.2. The summed E-state index contributed by atoms with van der Waals surface area (Å²) in [6.45, 7) is 7.31. The Bertz CT molecular complexity index is 668. The highest BCUT2D eigenvalue weighted by atomic mass is 32.1. The lowest BCUT2D eigenvalue weighted by Crippen LogP contribution is -2.41. The highest BCUT2D eigenvalue weighted by Gasteiger charge is 2.22. The number of anilines is 1. The Balaban J connectivity index is 1.50. The second-order valence-electron chi connectivity index (χ2n) is 6.28. The summed E-state index contributed by atoms with van der Waals surface area (Å²) >= 11 is 1.55. The van der Waals surface area contributed by atoms with E-state index < -0.39 is 0 Å². The van der Waals surface area contributed by atoms with Gasteiger partial charge in [-0.25, -0.2) is 9.97 Å². The van der Waals surface area contributed by atoms with Gasteiger partial charge in [-0.1, -0.05) is 6.92 Å². The highest BCUT2D eigenvalue weighted by Crippen LogP contribution is 2.22. The van der Waals surface area contributed by atoms with Crippen LogP contribution in [0.25, 0.3) is 0 Å². The molecule has 1 saturated heterocycles. The van der Waals surface area contributed by atoms with Crippen LogP contribution in [-0.2, 0) is 17.8 Å². The van der Waals surface area contributed by atoms with Gasteiger partial charge in [0.2, 0.25) is 5.91 Å². The van der Waals surface area contributed by atoms with E-state index in [-0.39, 0.29) is 5.91 Å². The molecule has 2 aromatic heterocycles. The Morgan fingerprint density at radius 3 is 3.08 bits per heavy atom. The second kappa shape index (κ2) is 7.85. The van der Waals surface area contributed by atoms with E-state index in [1.807, 2.05) is 11.6 Å². The van der Waals surface area contributed by atoms with Crippen LogP contribution in [0, 0.1) is 12.8 Å². The van der Waals surface area contributed by atoms with Crippen molar-refractivity contribution in [2.45, 2.75) is 39.7 Å². The Kier molecular flexibility index (Phi) is 5.57. The van der Waals surface area contributed by atoms with E-state index >= 15 is 0 Å². The first-order valence-corrected chi connectivity index (χ1v) is 9.26. The fourth-order valence-electron chi connectivity index (χ4n) is 3.21. The van der Waals surface area contributed by atoms with E-state index in [4.69, 9.17) is 0 Å². The number of aromatic nitrogens is 4. The number of nitrogens with one attached hydrogen (secondary N) is 1. The van der Waals surface area contributed by atoms with Gasteiger partial charge in [-0.3, -0.25) is 14.4 Å². The van der Waals surface area contributed by atoms with Crippen LogP contribution in [0.4, 0.5) is 5.13 Å². The largest absolute Gasteiger partial charge is 0.301 e. The van der Waals surface area contributed by atoms with Gasteiger partial charge in [0, 0.05) is 18.0 Å². The fraction of sp³-hybridized carbons (Fsp3) is 0.625. The molecule has 7 nitrogen and oxygen atoms in total. The minimum Gasteiger partial charge on any atom is -0.301 e. The van der Waals surface area contributed by atoms with Crippen molar-refractivity contribution in [3.8, 4) is 0 Å². The molecule has 0 bridgehead atoms. The lowest BCUT2D eigenvalue weighted by atomic mass is 9.98. The van der Waals surface area contributed by atoms with Crippen LogP contribution in [0.15, 0.2) is 12.7 Å². The van der Waals surface area contributed by atoms with Gasteiger partial charge in [0.1, 0.15) is 12.7 Å². The van der Waals surface area contributed by atoms with Crippen molar-refractivity contribution in [2.24, 2.45) is 5.92 Å². The molecule has 1 aliphatic rings. The van der Waals surface area contributed by atoms with Crippen molar-refractivity contribution in [3.05, 3.63) is 23.2 Å². The maximum atomic E-state index is 12.3. The number of hydrogen-bond acceptors (Lipinski definition) is 6. The first kappa shape index (κ1) is 17.0. The Hall–Kier alpha value is -1.80. The number of thiazole rings is 1. The van der Waals surface area contributed by atoms with Crippen molar-refractivity contribution in [2.75, 3.05) is 25.0 Å². The molecular formula is C16H24N6OS. The number of nitrogens with zero attached hydrogens (tertiary/aromatic N) is 5. The molecular weight excluding hydrogens is 324 g/mol. The third-order valence-electron chi connectivity index (χ3n) is 4.36. The quantitative estimate of drug-likeness (QED) is 0.863. The molecule has 1 aliphatic heterocycles. The second-order valence-corrected chi connectivity index (χ2v) is 7.49. The lowest BCUT2D eigenvalue weighted by molar-refractivity contribution is -0.117. The standard InChI is InChI=1S/C16H24N6OS/c1-3-14-12(2)24-16(19-14)20-15(23)9-21-6-4-5-13(7-21)8-22-11-17-10-18-22/h10-11,13H,3-9H2,1-2H3,(H,19,20,23)/t13-/m1/s1. The average molecular weight is 348 g/mol. The molecule has 24 heavy (non-hydrogen) atoms. The fourth-order valence-corrected chi connectivity index (χ4v) is 4.13. The summed E-state index contributed by atoms with van der Waals surface area (Å²) in [7, 11) is 0. The number of piperidine rings is 1. The summed E-state index contributed by atoms with van der Waals surface area (Å²) < 4.78 is 1.87. The van der Waals surface area contributed by atoms with Crippen molar-refractivity contribution in [1.29, 1.82) is 0 Å². The molecule has 8 heteroatoms. The number of aryl methyl sites for hydroxylation is 2. The number of likely N-dealkylation sites (tertiary alicyclic amines) is 1. The van der Waals surface area contributed by atoms with Gasteiger partial charge in [0.15, 0.2) is 5.13 Å². The monoisotopic (exact) mass is 348 g/mol. The molecule has 0 unspecified atom stereocenters. The smallest absolute Gasteiger partial charge is 0.240 e. The molecule has 1 fully saturated rings. The summed E-state index contributed by atoms with van der Waals surface area (Å²) in [5.74, 6) is 0.537. The van der Waals surface area contributed by atoms with E-state index in [1.165, 1.54) is 11.3 Å². The third kappa shape index (κ3) is 4.39. The topological polar surface area (TPSA) is 75.9 Å². The van der Waals surface area contributed by atoms with Gasteiger partial charge in [0.25, 0.3) is 0 Å². The molecule has 1 atom stereocenters. The summed E-state index contributed by atoms with van der Waals surface area (Å²) in [4.78, 5) is 24.2. The van der Waals surface area contributed by atoms with Crippen LogP contribution in [0.1, 0.15) is 30.3 Å². The van der Waals surface area contributed by atoms with Gasteiger partial charge in [0.05, 0.1) is 12.2 Å². The lowest BCUT2D eigenvalue weighted by Gasteiger charge is -2.31. The van der Waals surface area contributed by atoms with Gasteiger partial charge in [-0.05, 0) is 38.6 Å². The number of rotatable bonds is 6. The first-order chi connectivity index (χ1) is 11.6. The summed E-state index contributed by atoms with van der Waals surface area (Å²) in [5, 5.41) is 7.83. The highest BCUT2D eigenvalue weighted by molar-refractivity contribution is 7.15. The number of carbonyl (C=O) groups is 1. The molecule has 1 N–H and O–H groups in total. The Morgan fingerprint density at radius 2 is 2.38 bits per heavy atom. The van der Waals surface area contributed by atoms with E-state index in [0.717, 1.165) is 38.2 Å². The molecule has 0 aromatic carbocycles. The predicted octanol–water partition coefficient (Wildman–Crippen LogP) is 1.96. The van der Waals surface area contributed by atoms with E-state index in [0.29, 0.717) is 17.6 Å². The zero-order valence-corrected chi connectivity index (χ0v) is 15.1. The summed E-state index contributed by atoms with van der Waals surface area (Å²) in [5.41, 5.74) is 1.07. The van der Waals surface area contributed by atoms with Gasteiger partial charge >= 0.3 is 0 Å². The Morgan fingerprint density at radius 1 is 1.50 bits per heavy atom. The van der Waals surface area contributed by atoms with E-state index in [2.05, 4.69) is 32.2 Å². The molecule has 0 spiro atoms. The Labute approximate surface area is 146 Å². The molecule has 130 valence electrons. The zero-order chi connectivity index (χ0) is 16.9. The molecule has 0 radical (unpaired) electrons. The van der Waals surface area contributed by atoms with Crippen LogP contribution < -0.4 is 5.32 Å². The SMILES string of the molecule is CCc1nc(NC(=O)CN2CCC[C@@H](Cn3cncn3)C2)sc1C. The van der Waals surface area contributed by atoms with Crippen molar-refractivity contribution in [3.63, 3.8) is 0 Å².